The number of rotatable bonds is 7. The molecular formula is C27H34F3N3O4S. The number of pyridine rings is 1. The Bertz CT molecular complexity index is 1260. The van der Waals surface area contributed by atoms with Gasteiger partial charge in [0.25, 0.3) is 17.3 Å². The Labute approximate surface area is 224 Å². The lowest BCUT2D eigenvalue weighted by atomic mass is 9.81. The topological polar surface area (TPSA) is 83.7 Å². The normalized spacial score (nSPS) is 23.1. The predicted octanol–water partition coefficient (Wildman–Crippen LogP) is 5.18. The summed E-state index contributed by atoms with van der Waals surface area (Å²) in [4.78, 5) is 30.4. The molecule has 2 aromatic rings. The van der Waals surface area contributed by atoms with Crippen LogP contribution in [0.2, 0.25) is 0 Å². The molecule has 1 aliphatic heterocycles. The summed E-state index contributed by atoms with van der Waals surface area (Å²) in [6.45, 7) is 4.62. The Morgan fingerprint density at radius 1 is 1.21 bits per heavy atom. The Morgan fingerprint density at radius 2 is 1.89 bits per heavy atom. The lowest BCUT2D eigenvalue weighted by molar-refractivity contribution is -0.153. The molecule has 1 amide bonds. The zero-order valence-electron chi connectivity index (χ0n) is 22.3. The van der Waals surface area contributed by atoms with Crippen LogP contribution in [0.1, 0.15) is 59.8 Å². The Hall–Kier alpha value is -2.66. The molecular weight excluding hydrogens is 519 g/mol. The number of amides is 1. The van der Waals surface area contributed by atoms with E-state index in [9.17, 15) is 22.8 Å². The van der Waals surface area contributed by atoms with Gasteiger partial charge in [0.2, 0.25) is 0 Å². The molecule has 11 heteroatoms. The Kier molecular flexibility index (Phi) is 8.09. The van der Waals surface area contributed by atoms with Gasteiger partial charge in [0.1, 0.15) is 0 Å². The van der Waals surface area contributed by atoms with Crippen molar-refractivity contribution in [1.29, 1.82) is 0 Å². The maximum absolute atomic E-state index is 13.1. The van der Waals surface area contributed by atoms with E-state index in [1.165, 1.54) is 23.7 Å². The van der Waals surface area contributed by atoms with Crippen molar-refractivity contribution in [3.63, 3.8) is 0 Å². The molecule has 1 atom stereocenters. The molecule has 208 valence electrons. The second-order valence-electron chi connectivity index (χ2n) is 10.3. The highest BCUT2D eigenvalue weighted by atomic mass is 32.2. The zero-order chi connectivity index (χ0) is 27.8. The standard InChI is InChI=1S/C27H34F3N3O4S/c1-15-12-22(38-5)20(25(35)32-15)13-31-24(34)19-10-11-21-23(16(19)2)37-26(3,36-21)17-6-8-18(9-7-17)33(4)14-27(28,29)30/h10-12,17-18H,6-9,13-14H2,1-5H3,(H,31,34)(H,32,35)/t17-,18-,26?. The van der Waals surface area contributed by atoms with Crippen molar-refractivity contribution in [2.24, 2.45) is 5.92 Å². The maximum atomic E-state index is 13.1. The highest BCUT2D eigenvalue weighted by Gasteiger charge is 2.47. The van der Waals surface area contributed by atoms with Crippen molar-refractivity contribution < 1.29 is 27.4 Å². The van der Waals surface area contributed by atoms with Crippen LogP contribution in [0.15, 0.2) is 27.9 Å². The third-order valence-electron chi connectivity index (χ3n) is 7.60. The summed E-state index contributed by atoms with van der Waals surface area (Å²) in [6, 6.07) is 5.13. The summed E-state index contributed by atoms with van der Waals surface area (Å²) in [5.41, 5.74) is 2.07. The number of alkyl halides is 3. The summed E-state index contributed by atoms with van der Waals surface area (Å²) in [5, 5.41) is 2.84. The van der Waals surface area contributed by atoms with Crippen molar-refractivity contribution in [2.75, 3.05) is 19.8 Å². The monoisotopic (exact) mass is 553 g/mol. The number of benzene rings is 1. The number of H-pyrrole nitrogens is 1. The number of carbonyl (C=O) groups is 1. The van der Waals surface area contributed by atoms with Gasteiger partial charge in [-0.3, -0.25) is 14.5 Å². The number of nitrogens with zero attached hydrogens (tertiary/aromatic N) is 1. The van der Waals surface area contributed by atoms with E-state index in [0.717, 1.165) is 10.6 Å². The number of aryl methyl sites for hydroxylation is 1. The fraction of sp³-hybridized carbons (Fsp3) is 0.556. The van der Waals surface area contributed by atoms with E-state index in [1.807, 2.05) is 26.2 Å². The number of aromatic amines is 1. The largest absolute Gasteiger partial charge is 0.448 e. The van der Waals surface area contributed by atoms with Gasteiger partial charge < -0.3 is 19.8 Å². The van der Waals surface area contributed by atoms with Crippen LogP contribution in [0.25, 0.3) is 0 Å². The molecule has 38 heavy (non-hydrogen) atoms. The van der Waals surface area contributed by atoms with Gasteiger partial charge in [-0.05, 0) is 71.0 Å². The van der Waals surface area contributed by atoms with Crippen LogP contribution in [0.3, 0.4) is 0 Å². The minimum absolute atomic E-state index is 0.000315. The number of ether oxygens (including phenoxy) is 2. The van der Waals surface area contributed by atoms with E-state index in [-0.39, 0.29) is 30.0 Å². The van der Waals surface area contributed by atoms with Gasteiger partial charge in [0, 0.05) is 52.7 Å². The van der Waals surface area contributed by atoms with Gasteiger partial charge in [-0.25, -0.2) is 0 Å². The first-order chi connectivity index (χ1) is 17.8. The number of thioether (sulfide) groups is 1. The second kappa shape index (κ2) is 10.8. The van der Waals surface area contributed by atoms with Crippen LogP contribution in [0, 0.1) is 19.8 Å². The van der Waals surface area contributed by atoms with Crippen LogP contribution in [0.4, 0.5) is 13.2 Å². The molecule has 7 nitrogen and oxygen atoms in total. The number of fused-ring (bicyclic) bond motifs is 1. The van der Waals surface area contributed by atoms with Gasteiger partial charge in [-0.1, -0.05) is 0 Å². The molecule has 0 radical (unpaired) electrons. The van der Waals surface area contributed by atoms with E-state index in [1.54, 1.807) is 19.1 Å². The first-order valence-electron chi connectivity index (χ1n) is 12.6. The van der Waals surface area contributed by atoms with Crippen LogP contribution in [-0.4, -0.2) is 53.6 Å². The zero-order valence-corrected chi connectivity index (χ0v) is 23.1. The van der Waals surface area contributed by atoms with E-state index >= 15 is 0 Å². The van der Waals surface area contributed by atoms with Crippen LogP contribution in [-0.2, 0) is 6.54 Å². The molecule has 1 aromatic heterocycles. The van der Waals surface area contributed by atoms with Gasteiger partial charge in [-0.2, -0.15) is 13.2 Å². The number of halogens is 3. The molecule has 0 bridgehead atoms. The Balaban J connectivity index is 1.42. The lowest BCUT2D eigenvalue weighted by Gasteiger charge is -2.40. The number of hydrogen-bond acceptors (Lipinski definition) is 6. The van der Waals surface area contributed by atoms with E-state index in [2.05, 4.69) is 10.3 Å². The minimum atomic E-state index is -4.22. The van der Waals surface area contributed by atoms with Crippen molar-refractivity contribution in [3.8, 4) is 11.5 Å². The highest BCUT2D eigenvalue weighted by molar-refractivity contribution is 7.98. The third-order valence-corrected chi connectivity index (χ3v) is 8.40. The molecule has 1 unspecified atom stereocenters. The molecule has 4 rings (SSSR count). The summed E-state index contributed by atoms with van der Waals surface area (Å²) in [6.07, 6.45) is 0.258. The lowest BCUT2D eigenvalue weighted by Crippen LogP contribution is -2.48. The van der Waals surface area contributed by atoms with Crippen molar-refractivity contribution >= 4 is 17.7 Å². The maximum Gasteiger partial charge on any atom is 0.401 e. The van der Waals surface area contributed by atoms with Gasteiger partial charge in [0.15, 0.2) is 11.5 Å². The van der Waals surface area contributed by atoms with Crippen LogP contribution < -0.4 is 20.3 Å². The SMILES string of the molecule is CSc1cc(C)[nH]c(=O)c1CNC(=O)c1ccc2c(c1C)OC(C)([C@H]1CC[C@H](N(C)CC(F)(F)F)CC1)O2. The van der Waals surface area contributed by atoms with E-state index in [0.29, 0.717) is 53.9 Å². The smallest absolute Gasteiger partial charge is 0.401 e. The molecule has 1 aliphatic carbocycles. The van der Waals surface area contributed by atoms with Crippen molar-refractivity contribution in [1.82, 2.24) is 15.2 Å². The predicted molar refractivity (Wildman–Crippen MR) is 140 cm³/mol. The molecule has 1 fully saturated rings. The van der Waals surface area contributed by atoms with Crippen molar-refractivity contribution in [2.45, 2.75) is 75.9 Å². The average molecular weight is 554 g/mol. The van der Waals surface area contributed by atoms with Crippen LogP contribution in [0.5, 0.6) is 11.5 Å². The average Bonchev–Trinajstić information content (AvgIpc) is 3.20. The molecule has 0 spiro atoms. The molecule has 0 saturated heterocycles. The Morgan fingerprint density at radius 3 is 2.53 bits per heavy atom. The molecule has 2 heterocycles. The van der Waals surface area contributed by atoms with Gasteiger partial charge in [0.05, 0.1) is 6.54 Å². The summed E-state index contributed by atoms with van der Waals surface area (Å²) < 4.78 is 50.9. The highest BCUT2D eigenvalue weighted by Crippen LogP contribution is 2.48. The van der Waals surface area contributed by atoms with E-state index < -0.39 is 18.5 Å². The number of aromatic nitrogens is 1. The van der Waals surface area contributed by atoms with Crippen molar-refractivity contribution in [3.05, 3.63) is 50.9 Å². The molecule has 2 aliphatic rings. The third kappa shape index (κ3) is 5.98. The summed E-state index contributed by atoms with van der Waals surface area (Å²) >= 11 is 1.45. The number of hydrogen-bond donors (Lipinski definition) is 2. The molecule has 1 saturated carbocycles. The van der Waals surface area contributed by atoms with E-state index in [4.69, 9.17) is 9.47 Å². The van der Waals surface area contributed by atoms with Gasteiger partial charge >= 0.3 is 6.18 Å². The van der Waals surface area contributed by atoms with Gasteiger partial charge in [-0.15, -0.1) is 11.8 Å². The summed E-state index contributed by atoms with van der Waals surface area (Å²) in [7, 11) is 1.52. The molecule has 1 aromatic carbocycles. The molecule has 2 N–H and O–H groups in total. The number of nitrogens with one attached hydrogen (secondary N) is 2. The number of carbonyl (C=O) groups excluding carboxylic acids is 1. The quantitative estimate of drug-likeness (QED) is 0.460. The van der Waals surface area contributed by atoms with Crippen LogP contribution >= 0.6 is 11.8 Å². The second-order valence-corrected chi connectivity index (χ2v) is 11.2. The summed E-state index contributed by atoms with van der Waals surface area (Å²) in [5.74, 6) is -0.256. The first-order valence-corrected chi connectivity index (χ1v) is 13.9. The fourth-order valence-corrected chi connectivity index (χ4v) is 6.19. The fourth-order valence-electron chi connectivity index (χ4n) is 5.48. The minimum Gasteiger partial charge on any atom is -0.448 e. The first kappa shape index (κ1) is 28.4.